The number of amides is 1. The molecule has 0 aromatic carbocycles. The molecule has 1 amide bonds. The fourth-order valence-electron chi connectivity index (χ4n) is 5.22. The van der Waals surface area contributed by atoms with Crippen molar-refractivity contribution >= 4 is 17.7 Å². The second-order valence-electron chi connectivity index (χ2n) is 9.34. The summed E-state index contributed by atoms with van der Waals surface area (Å²) in [5.41, 5.74) is 0.269. The molecule has 0 aliphatic carbocycles. The van der Waals surface area contributed by atoms with Gasteiger partial charge in [0.25, 0.3) is 0 Å². The van der Waals surface area contributed by atoms with Gasteiger partial charge in [-0.3, -0.25) is 4.79 Å². The van der Waals surface area contributed by atoms with Gasteiger partial charge in [0.2, 0.25) is 5.91 Å². The van der Waals surface area contributed by atoms with Crippen LogP contribution in [0.1, 0.15) is 39.0 Å². The van der Waals surface area contributed by atoms with Crippen molar-refractivity contribution in [1.29, 1.82) is 0 Å². The van der Waals surface area contributed by atoms with Crippen LogP contribution in [0.15, 0.2) is 0 Å². The van der Waals surface area contributed by atoms with E-state index in [1.54, 1.807) is 11.8 Å². The minimum atomic E-state index is -0.270. The number of aliphatic hydroxyl groups is 1. The minimum absolute atomic E-state index is 0.119. The highest BCUT2D eigenvalue weighted by Crippen LogP contribution is 2.41. The zero-order chi connectivity index (χ0) is 18.8. The normalized spacial score (nSPS) is 33.5. The van der Waals surface area contributed by atoms with Crippen molar-refractivity contribution in [3.05, 3.63) is 0 Å². The van der Waals surface area contributed by atoms with Gasteiger partial charge in [0, 0.05) is 38.1 Å². The van der Waals surface area contributed by atoms with Crippen LogP contribution >= 0.6 is 11.8 Å². The number of nitrogens with zero attached hydrogens (tertiary/aromatic N) is 3. The first-order valence-electron chi connectivity index (χ1n) is 10.2. The average Bonchev–Trinajstić information content (AvgIpc) is 2.62. The van der Waals surface area contributed by atoms with E-state index in [4.69, 9.17) is 0 Å². The third kappa shape index (κ3) is 4.57. The monoisotopic (exact) mass is 383 g/mol. The van der Waals surface area contributed by atoms with Gasteiger partial charge in [0.15, 0.2) is 0 Å². The van der Waals surface area contributed by atoms with E-state index in [2.05, 4.69) is 23.8 Å². The Hall–Kier alpha value is -0.300. The molecule has 150 valence electrons. The summed E-state index contributed by atoms with van der Waals surface area (Å²) < 4.78 is 0. The fraction of sp³-hybridized carbons (Fsp3) is 0.950. The van der Waals surface area contributed by atoms with Gasteiger partial charge in [0.1, 0.15) is 0 Å². The number of hydrogen-bond donors (Lipinski definition) is 1. The van der Waals surface area contributed by atoms with Crippen LogP contribution in [-0.4, -0.2) is 96.7 Å². The van der Waals surface area contributed by atoms with E-state index in [1.165, 1.54) is 25.9 Å². The van der Waals surface area contributed by atoms with Crippen LogP contribution in [0.5, 0.6) is 0 Å². The highest BCUT2D eigenvalue weighted by molar-refractivity contribution is 7.99. The van der Waals surface area contributed by atoms with Gasteiger partial charge in [-0.15, -0.1) is 0 Å². The predicted molar refractivity (Wildman–Crippen MR) is 109 cm³/mol. The summed E-state index contributed by atoms with van der Waals surface area (Å²) in [6, 6.07) is 0. The number of likely N-dealkylation sites (tertiary alicyclic amines) is 3. The third-order valence-electron chi connectivity index (χ3n) is 6.99. The zero-order valence-electron chi connectivity index (χ0n) is 16.9. The summed E-state index contributed by atoms with van der Waals surface area (Å²) in [7, 11) is 2.22. The van der Waals surface area contributed by atoms with Gasteiger partial charge in [-0.2, -0.15) is 11.8 Å². The Morgan fingerprint density at radius 1 is 1.15 bits per heavy atom. The topological polar surface area (TPSA) is 47.0 Å². The fourth-order valence-corrected chi connectivity index (χ4v) is 5.65. The molecular weight excluding hydrogens is 346 g/mol. The van der Waals surface area contributed by atoms with Crippen molar-refractivity contribution in [2.45, 2.75) is 45.1 Å². The molecule has 0 bridgehead atoms. The summed E-state index contributed by atoms with van der Waals surface area (Å²) in [6.07, 6.45) is 7.15. The largest absolute Gasteiger partial charge is 0.392 e. The Labute approximate surface area is 163 Å². The summed E-state index contributed by atoms with van der Waals surface area (Å²) in [6.45, 7) is 9.49. The van der Waals surface area contributed by atoms with Crippen molar-refractivity contribution in [1.82, 2.24) is 14.7 Å². The Balaban J connectivity index is 1.64. The molecule has 0 unspecified atom stereocenters. The second-order valence-corrected chi connectivity index (χ2v) is 10.2. The highest BCUT2D eigenvalue weighted by Gasteiger charge is 2.47. The van der Waals surface area contributed by atoms with E-state index in [0.717, 1.165) is 52.0 Å². The smallest absolute Gasteiger partial charge is 0.232 e. The number of carbonyl (C=O) groups is 1. The summed E-state index contributed by atoms with van der Waals surface area (Å²) in [5.74, 6) is 0.796. The van der Waals surface area contributed by atoms with E-state index in [-0.39, 0.29) is 17.4 Å². The van der Waals surface area contributed by atoms with Crippen molar-refractivity contribution in [2.75, 3.05) is 64.9 Å². The molecule has 26 heavy (non-hydrogen) atoms. The van der Waals surface area contributed by atoms with Crippen LogP contribution in [0.2, 0.25) is 0 Å². The van der Waals surface area contributed by atoms with E-state index >= 15 is 0 Å². The molecule has 3 rings (SSSR count). The molecule has 0 radical (unpaired) electrons. The predicted octanol–water partition coefficient (Wildman–Crippen LogP) is 1.76. The zero-order valence-corrected chi connectivity index (χ0v) is 17.7. The van der Waals surface area contributed by atoms with Gasteiger partial charge < -0.3 is 19.8 Å². The van der Waals surface area contributed by atoms with Crippen molar-refractivity contribution < 1.29 is 9.90 Å². The lowest BCUT2D eigenvalue weighted by atomic mass is 9.70. The average molecular weight is 384 g/mol. The lowest BCUT2D eigenvalue weighted by Crippen LogP contribution is -2.61. The molecule has 3 saturated heterocycles. The van der Waals surface area contributed by atoms with E-state index < -0.39 is 0 Å². The van der Waals surface area contributed by atoms with E-state index in [9.17, 15) is 9.90 Å². The van der Waals surface area contributed by atoms with E-state index in [0.29, 0.717) is 11.2 Å². The Morgan fingerprint density at radius 2 is 1.88 bits per heavy atom. The standard InChI is InChI=1S/C20H37N3O2S/c1-19(7-11-21(2)12-8-19)14-22-10-5-17(24)20(15-22)6-4-9-23(16-20)18(25)13-26-3/h17,24H,4-16H2,1-3H3/t17-,20-/m1/s1. The molecular formula is C20H37N3O2S. The summed E-state index contributed by atoms with van der Waals surface area (Å²) in [5, 5.41) is 10.9. The van der Waals surface area contributed by atoms with Crippen LogP contribution in [-0.2, 0) is 4.79 Å². The van der Waals surface area contributed by atoms with Crippen LogP contribution in [0, 0.1) is 10.8 Å². The third-order valence-corrected chi connectivity index (χ3v) is 7.53. The van der Waals surface area contributed by atoms with Gasteiger partial charge >= 0.3 is 0 Å². The van der Waals surface area contributed by atoms with Crippen LogP contribution < -0.4 is 0 Å². The molecule has 0 aromatic rings. The van der Waals surface area contributed by atoms with Gasteiger partial charge in [-0.25, -0.2) is 0 Å². The van der Waals surface area contributed by atoms with E-state index in [1.807, 2.05) is 11.2 Å². The van der Waals surface area contributed by atoms with Crippen LogP contribution in [0.25, 0.3) is 0 Å². The van der Waals surface area contributed by atoms with Gasteiger partial charge in [-0.05, 0) is 63.9 Å². The summed E-state index contributed by atoms with van der Waals surface area (Å²) >= 11 is 1.59. The maximum absolute atomic E-state index is 12.4. The maximum atomic E-state index is 12.4. The number of aliphatic hydroxyl groups excluding tert-OH is 1. The molecule has 6 heteroatoms. The maximum Gasteiger partial charge on any atom is 0.232 e. The van der Waals surface area contributed by atoms with Crippen LogP contribution in [0.3, 0.4) is 0 Å². The molecule has 0 saturated carbocycles. The molecule has 1 spiro atoms. The Kier molecular flexibility index (Phi) is 6.58. The van der Waals surface area contributed by atoms with Crippen molar-refractivity contribution in [3.8, 4) is 0 Å². The Bertz CT molecular complexity index is 495. The number of piperidine rings is 3. The number of thioether (sulfide) groups is 1. The lowest BCUT2D eigenvalue weighted by molar-refractivity contribution is -0.139. The molecule has 0 aromatic heterocycles. The molecule has 3 aliphatic rings. The van der Waals surface area contributed by atoms with Crippen molar-refractivity contribution in [2.24, 2.45) is 10.8 Å². The number of rotatable bonds is 4. The van der Waals surface area contributed by atoms with Crippen molar-refractivity contribution in [3.63, 3.8) is 0 Å². The highest BCUT2D eigenvalue weighted by atomic mass is 32.2. The van der Waals surface area contributed by atoms with Gasteiger partial charge in [-0.1, -0.05) is 6.92 Å². The Morgan fingerprint density at radius 3 is 2.58 bits per heavy atom. The van der Waals surface area contributed by atoms with Crippen LogP contribution in [0.4, 0.5) is 0 Å². The number of hydrogen-bond acceptors (Lipinski definition) is 5. The molecule has 2 atom stereocenters. The molecule has 3 aliphatic heterocycles. The first-order valence-corrected chi connectivity index (χ1v) is 11.6. The second kappa shape index (κ2) is 8.38. The lowest BCUT2D eigenvalue weighted by Gasteiger charge is -2.52. The SMILES string of the molecule is CSCC(=O)N1CCC[C@@]2(CN(CC3(C)CCN(C)CC3)CC[C@H]2O)C1. The minimum Gasteiger partial charge on any atom is -0.392 e. The first-order chi connectivity index (χ1) is 12.4. The quantitative estimate of drug-likeness (QED) is 0.802. The molecule has 5 nitrogen and oxygen atoms in total. The summed E-state index contributed by atoms with van der Waals surface area (Å²) in [4.78, 5) is 19.5. The molecule has 3 fully saturated rings. The first kappa shape index (κ1) is 20.4. The molecule has 1 N–H and O–H groups in total. The number of carbonyl (C=O) groups excluding carboxylic acids is 1. The van der Waals surface area contributed by atoms with Gasteiger partial charge in [0.05, 0.1) is 11.9 Å². The molecule has 3 heterocycles.